The lowest BCUT2D eigenvalue weighted by atomic mass is 9.33. The summed E-state index contributed by atoms with van der Waals surface area (Å²) in [5.41, 5.74) is 36.4. The number of fused-ring (bicyclic) bond motifs is 9. The summed E-state index contributed by atoms with van der Waals surface area (Å²) in [6.45, 7) is 26.3. The fourth-order valence-corrected chi connectivity index (χ4v) is 18.1. The number of anilines is 6. The van der Waals surface area contributed by atoms with Crippen LogP contribution in [0.5, 0.6) is 0 Å². The highest BCUT2D eigenvalue weighted by molar-refractivity contribution is 7.00. The minimum Gasteiger partial charge on any atom is -0.311 e. The van der Waals surface area contributed by atoms with E-state index >= 15 is 0 Å². The SMILES string of the molecule is CC(C)(C)c1ccccc1-c1ccc2c(c1)B1c3ccc(-n4c5ccc(-c6ccccc6)cc5c5cc(-c6ccccc6)ccc54)cc3N(c3ccc(-c4ccc5c(c4)C(C)(C)CCC5(C)C)cc3)c3cc(-c4ccccc4)cc(c31)N2c1ccc(-c2ccc3c(c2)C(C)(C)CCC3(C)C)cc1. The van der Waals surface area contributed by atoms with Crippen molar-refractivity contribution < 1.29 is 0 Å². The standard InChI is InChI=1S/C98H88BN3/c1-94(2,3)80-30-22-21-29-77(80)72-39-50-89-86(59-72)99-85-47-44-76(102-87-48-37-68(63-23-15-12-16-24-63)55-78(87)79-56-69(38-49-88(79)102)64-25-17-13-18-26-64)62-90(85)101(75-42-33-67(34-43-75)71-36-46-82-84(58-71)98(10,11)54-52-96(82,6)7)92-61-73(65-27-19-14-20-28-65)60-91(93(92)99)100(89)74-40-31-66(32-41-74)70-35-45-81-83(57-70)97(8,9)53-51-95(81,4)5/h12-50,55-62H,51-54H2,1-11H3. The zero-order chi connectivity index (χ0) is 69.8. The van der Waals surface area contributed by atoms with Crippen molar-refractivity contribution in [2.24, 2.45) is 0 Å². The Balaban J connectivity index is 0.890. The van der Waals surface area contributed by atoms with E-state index in [0.717, 1.165) is 28.3 Å². The molecule has 0 saturated heterocycles. The first-order chi connectivity index (χ1) is 49.2. The highest BCUT2D eigenvalue weighted by Gasteiger charge is 2.45. The lowest BCUT2D eigenvalue weighted by molar-refractivity contribution is 0.332. The average molecular weight is 1320 g/mol. The zero-order valence-corrected chi connectivity index (χ0v) is 60.9. The summed E-state index contributed by atoms with van der Waals surface area (Å²) in [5, 5.41) is 2.44. The predicted molar refractivity (Wildman–Crippen MR) is 437 cm³/mol. The molecule has 4 heteroatoms. The molecule has 3 nitrogen and oxygen atoms in total. The molecule has 2 aliphatic heterocycles. The molecule has 18 rings (SSSR count). The van der Waals surface area contributed by atoms with Crippen LogP contribution in [0.25, 0.3) is 94.3 Å². The molecule has 4 aliphatic rings. The van der Waals surface area contributed by atoms with Crippen LogP contribution >= 0.6 is 0 Å². The van der Waals surface area contributed by atoms with Gasteiger partial charge in [0.05, 0.1) is 11.0 Å². The minimum absolute atomic E-state index is 0.0853. The second kappa shape index (κ2) is 23.4. The van der Waals surface area contributed by atoms with E-state index in [-0.39, 0.29) is 33.8 Å². The number of aromatic nitrogens is 1. The van der Waals surface area contributed by atoms with E-state index in [0.29, 0.717) is 0 Å². The quantitative estimate of drug-likeness (QED) is 0.133. The van der Waals surface area contributed by atoms with Crippen molar-refractivity contribution in [1.82, 2.24) is 4.57 Å². The molecule has 13 aromatic carbocycles. The molecule has 102 heavy (non-hydrogen) atoms. The van der Waals surface area contributed by atoms with Crippen LogP contribution in [-0.4, -0.2) is 11.3 Å². The Bertz CT molecular complexity index is 5570. The summed E-state index contributed by atoms with van der Waals surface area (Å²) in [5.74, 6) is 0. The van der Waals surface area contributed by atoms with Gasteiger partial charge in [-0.15, -0.1) is 0 Å². The van der Waals surface area contributed by atoms with Gasteiger partial charge in [-0.1, -0.05) is 282 Å². The topological polar surface area (TPSA) is 11.4 Å². The fraction of sp³-hybridized carbons (Fsp3) is 0.204. The first kappa shape index (κ1) is 63.5. The predicted octanol–water partition coefficient (Wildman–Crippen LogP) is 24.9. The van der Waals surface area contributed by atoms with E-state index in [1.54, 1.807) is 0 Å². The van der Waals surface area contributed by atoms with Crippen molar-refractivity contribution in [3.63, 3.8) is 0 Å². The van der Waals surface area contributed by atoms with Crippen LogP contribution in [0.15, 0.2) is 285 Å². The van der Waals surface area contributed by atoms with E-state index in [1.165, 1.54) is 170 Å². The highest BCUT2D eigenvalue weighted by Crippen LogP contribution is 2.52. The second-order valence-electron chi connectivity index (χ2n) is 33.4. The minimum atomic E-state index is -0.155. The first-order valence-corrected chi connectivity index (χ1v) is 37.1. The maximum absolute atomic E-state index is 2.63. The van der Waals surface area contributed by atoms with Crippen LogP contribution in [0.2, 0.25) is 0 Å². The van der Waals surface area contributed by atoms with Gasteiger partial charge in [0.1, 0.15) is 0 Å². The Kier molecular flexibility index (Phi) is 14.6. The zero-order valence-electron chi connectivity index (χ0n) is 60.9. The molecule has 0 amide bonds. The van der Waals surface area contributed by atoms with Crippen LogP contribution in [0.3, 0.4) is 0 Å². The molecular formula is C98H88BN3. The third kappa shape index (κ3) is 10.4. The number of hydrogen-bond donors (Lipinski definition) is 0. The smallest absolute Gasteiger partial charge is 0.252 e. The summed E-state index contributed by atoms with van der Waals surface area (Å²) < 4.78 is 2.53. The Hall–Kier alpha value is -10.7. The molecule has 0 unspecified atom stereocenters. The van der Waals surface area contributed by atoms with Crippen LogP contribution in [0, 0.1) is 0 Å². The van der Waals surface area contributed by atoms with Gasteiger partial charge < -0.3 is 14.4 Å². The van der Waals surface area contributed by atoms with Crippen LogP contribution in [0.4, 0.5) is 34.1 Å². The van der Waals surface area contributed by atoms with Crippen molar-refractivity contribution in [3.05, 3.63) is 313 Å². The van der Waals surface area contributed by atoms with E-state index < -0.39 is 0 Å². The van der Waals surface area contributed by atoms with Gasteiger partial charge in [0.15, 0.2) is 0 Å². The van der Waals surface area contributed by atoms with Gasteiger partial charge in [-0.25, -0.2) is 0 Å². The molecule has 1 aromatic heterocycles. The normalized spacial score (nSPS) is 15.9. The van der Waals surface area contributed by atoms with Crippen LogP contribution in [-0.2, 0) is 27.1 Å². The molecule has 2 aliphatic carbocycles. The maximum atomic E-state index is 2.63. The number of nitrogens with zero attached hydrogens (tertiary/aromatic N) is 3. The summed E-state index contributed by atoms with van der Waals surface area (Å²) in [7, 11) is 0. The summed E-state index contributed by atoms with van der Waals surface area (Å²) in [6.07, 6.45) is 4.72. The number of rotatable bonds is 9. The van der Waals surface area contributed by atoms with Crippen molar-refractivity contribution in [1.29, 1.82) is 0 Å². The van der Waals surface area contributed by atoms with Gasteiger partial charge in [0.2, 0.25) is 0 Å². The lowest BCUT2D eigenvalue weighted by Gasteiger charge is -2.45. The number of hydrogen-bond acceptors (Lipinski definition) is 2. The van der Waals surface area contributed by atoms with Gasteiger partial charge in [0, 0.05) is 50.6 Å². The van der Waals surface area contributed by atoms with E-state index in [4.69, 9.17) is 0 Å². The largest absolute Gasteiger partial charge is 0.311 e. The molecule has 0 atom stereocenters. The molecular weight excluding hydrogens is 1230 g/mol. The van der Waals surface area contributed by atoms with Gasteiger partial charge in [-0.3, -0.25) is 0 Å². The molecule has 0 N–H and O–H groups in total. The van der Waals surface area contributed by atoms with Gasteiger partial charge >= 0.3 is 0 Å². The van der Waals surface area contributed by atoms with Gasteiger partial charge in [-0.05, 0) is 243 Å². The van der Waals surface area contributed by atoms with Crippen molar-refractivity contribution >= 4 is 79.0 Å². The van der Waals surface area contributed by atoms with E-state index in [1.807, 2.05) is 0 Å². The molecule has 0 radical (unpaired) electrons. The van der Waals surface area contributed by atoms with Crippen molar-refractivity contribution in [3.8, 4) is 72.4 Å². The maximum Gasteiger partial charge on any atom is 0.252 e. The van der Waals surface area contributed by atoms with Crippen LogP contribution < -0.4 is 26.2 Å². The summed E-state index contributed by atoms with van der Waals surface area (Å²) in [4.78, 5) is 5.23. The average Bonchev–Trinajstić information content (AvgIpc) is 0.698. The van der Waals surface area contributed by atoms with Crippen molar-refractivity contribution in [2.75, 3.05) is 9.80 Å². The molecule has 0 fully saturated rings. The molecule has 0 bridgehead atoms. The molecule has 0 saturated carbocycles. The molecule has 3 heterocycles. The lowest BCUT2D eigenvalue weighted by Crippen LogP contribution is -2.61. The Morgan fingerprint density at radius 1 is 0.284 bits per heavy atom. The monoisotopic (exact) mass is 1320 g/mol. The summed E-state index contributed by atoms with van der Waals surface area (Å²) >= 11 is 0. The highest BCUT2D eigenvalue weighted by atomic mass is 15.2. The third-order valence-corrected chi connectivity index (χ3v) is 24.1. The van der Waals surface area contributed by atoms with Gasteiger partial charge in [-0.2, -0.15) is 0 Å². The third-order valence-electron chi connectivity index (χ3n) is 24.1. The van der Waals surface area contributed by atoms with E-state index in [2.05, 4.69) is 376 Å². The Morgan fingerprint density at radius 3 is 1.17 bits per heavy atom. The summed E-state index contributed by atoms with van der Waals surface area (Å²) in [6, 6.07) is 110. The van der Waals surface area contributed by atoms with Gasteiger partial charge in [0.25, 0.3) is 6.71 Å². The Labute approximate surface area is 603 Å². The van der Waals surface area contributed by atoms with E-state index in [9.17, 15) is 0 Å². The molecule has 14 aromatic rings. The Morgan fingerprint density at radius 2 is 0.676 bits per heavy atom. The fourth-order valence-electron chi connectivity index (χ4n) is 18.1. The first-order valence-electron chi connectivity index (χ1n) is 37.1. The number of benzene rings is 13. The molecule has 0 spiro atoms. The molecule has 498 valence electrons. The second-order valence-corrected chi connectivity index (χ2v) is 33.4. The van der Waals surface area contributed by atoms with Crippen LogP contribution in [0.1, 0.15) is 130 Å². The van der Waals surface area contributed by atoms with Crippen molar-refractivity contribution in [2.45, 2.75) is 129 Å².